The van der Waals surface area contributed by atoms with Crippen LogP contribution in [-0.2, 0) is 6.54 Å². The highest BCUT2D eigenvalue weighted by molar-refractivity contribution is 6.40. The summed E-state index contributed by atoms with van der Waals surface area (Å²) >= 11 is 0. The van der Waals surface area contributed by atoms with Crippen LogP contribution in [0.25, 0.3) is 10.9 Å². The number of aromatic nitrogens is 1. The first kappa shape index (κ1) is 18.5. The Bertz CT molecular complexity index is 653. The van der Waals surface area contributed by atoms with Gasteiger partial charge in [-0.2, -0.15) is 0 Å². The summed E-state index contributed by atoms with van der Waals surface area (Å²) in [6.45, 7) is 3.20. The van der Waals surface area contributed by atoms with E-state index in [4.69, 9.17) is 15.8 Å². The molecule has 6 heteroatoms. The summed E-state index contributed by atoms with van der Waals surface area (Å²) in [6, 6.07) is 8.87. The second-order valence-corrected chi connectivity index (χ2v) is 7.40. The molecule has 1 aromatic heterocycles. The van der Waals surface area contributed by atoms with Crippen LogP contribution in [0.1, 0.15) is 37.7 Å². The third-order valence-electron chi connectivity index (χ3n) is 5.56. The maximum atomic E-state index is 8.89. The third kappa shape index (κ3) is 5.08. The van der Waals surface area contributed by atoms with Gasteiger partial charge in [0.25, 0.3) is 0 Å². The van der Waals surface area contributed by atoms with Gasteiger partial charge < -0.3 is 20.8 Å². The van der Waals surface area contributed by atoms with E-state index < -0.39 is 7.12 Å². The van der Waals surface area contributed by atoms with Crippen LogP contribution in [0.3, 0.4) is 0 Å². The molecule has 5 nitrogen and oxygen atoms in total. The van der Waals surface area contributed by atoms with Crippen molar-refractivity contribution in [2.75, 3.05) is 13.1 Å². The van der Waals surface area contributed by atoms with E-state index in [1.807, 2.05) is 6.20 Å². The van der Waals surface area contributed by atoms with Gasteiger partial charge in [0.05, 0.1) is 0 Å². The largest absolute Gasteiger partial charge is 0.451 e. The van der Waals surface area contributed by atoms with Gasteiger partial charge in [0.2, 0.25) is 0 Å². The van der Waals surface area contributed by atoms with E-state index in [0.29, 0.717) is 12.2 Å². The summed E-state index contributed by atoms with van der Waals surface area (Å²) in [6.07, 6.45) is 7.58. The molecule has 0 aliphatic carbocycles. The highest BCUT2D eigenvalue weighted by Crippen LogP contribution is 2.25. The van der Waals surface area contributed by atoms with Crippen LogP contribution in [0.5, 0.6) is 0 Å². The number of rotatable bonds is 8. The molecule has 1 fully saturated rings. The van der Waals surface area contributed by atoms with Crippen molar-refractivity contribution in [1.82, 2.24) is 9.88 Å². The number of benzene rings is 1. The highest BCUT2D eigenvalue weighted by atomic mass is 16.4. The van der Waals surface area contributed by atoms with Crippen molar-refractivity contribution in [2.24, 2.45) is 11.7 Å². The summed E-state index contributed by atoms with van der Waals surface area (Å²) in [4.78, 5) is 5.89. The fraction of sp³-hybridized carbons (Fsp3) is 0.579. The summed E-state index contributed by atoms with van der Waals surface area (Å²) in [5.41, 5.74) is 9.00. The Morgan fingerprint density at radius 2 is 2.00 bits per heavy atom. The van der Waals surface area contributed by atoms with Gasteiger partial charge in [0, 0.05) is 24.3 Å². The van der Waals surface area contributed by atoms with E-state index in [1.54, 1.807) is 0 Å². The molecule has 136 valence electrons. The summed E-state index contributed by atoms with van der Waals surface area (Å²) < 4.78 is 0. The number of aromatic amines is 1. The Balaban J connectivity index is 1.43. The van der Waals surface area contributed by atoms with Crippen LogP contribution in [0.2, 0.25) is 6.32 Å². The minimum absolute atomic E-state index is 0.241. The van der Waals surface area contributed by atoms with Gasteiger partial charge in [-0.3, -0.25) is 4.90 Å². The van der Waals surface area contributed by atoms with E-state index >= 15 is 0 Å². The van der Waals surface area contributed by atoms with Gasteiger partial charge in [0.1, 0.15) is 0 Å². The van der Waals surface area contributed by atoms with Crippen molar-refractivity contribution >= 4 is 18.0 Å². The smallest absolute Gasteiger partial charge is 0.427 e. The van der Waals surface area contributed by atoms with E-state index in [9.17, 15) is 0 Å². The quantitative estimate of drug-likeness (QED) is 0.438. The molecule has 2 heterocycles. The topological polar surface area (TPSA) is 85.5 Å². The number of H-pyrrole nitrogens is 1. The molecule has 0 saturated carbocycles. The molecule has 25 heavy (non-hydrogen) atoms. The number of para-hydroxylation sites is 1. The molecule has 1 atom stereocenters. The second-order valence-electron chi connectivity index (χ2n) is 7.40. The van der Waals surface area contributed by atoms with Crippen molar-refractivity contribution in [2.45, 2.75) is 51.0 Å². The highest BCUT2D eigenvalue weighted by Gasteiger charge is 2.24. The minimum atomic E-state index is -1.18. The molecular weight excluding hydrogens is 313 g/mol. The van der Waals surface area contributed by atoms with E-state index in [2.05, 4.69) is 34.1 Å². The Morgan fingerprint density at radius 1 is 1.20 bits per heavy atom. The third-order valence-corrected chi connectivity index (χ3v) is 5.56. The number of unbranched alkanes of at least 4 members (excludes halogenated alkanes) is 1. The van der Waals surface area contributed by atoms with Crippen LogP contribution < -0.4 is 5.73 Å². The van der Waals surface area contributed by atoms with Gasteiger partial charge in [-0.25, -0.2) is 0 Å². The molecule has 0 amide bonds. The lowest BCUT2D eigenvalue weighted by molar-refractivity contribution is 0.159. The van der Waals surface area contributed by atoms with Crippen molar-refractivity contribution in [3.8, 4) is 0 Å². The van der Waals surface area contributed by atoms with Gasteiger partial charge in [-0.15, -0.1) is 0 Å². The van der Waals surface area contributed by atoms with E-state index in [-0.39, 0.29) is 6.04 Å². The molecule has 1 unspecified atom stereocenters. The molecule has 1 aromatic carbocycles. The number of piperidine rings is 1. The fourth-order valence-corrected chi connectivity index (χ4v) is 4.00. The zero-order valence-corrected chi connectivity index (χ0v) is 14.9. The predicted octanol–water partition coefficient (Wildman–Crippen LogP) is 2.35. The van der Waals surface area contributed by atoms with Crippen LogP contribution >= 0.6 is 0 Å². The minimum Gasteiger partial charge on any atom is -0.427 e. The first-order chi connectivity index (χ1) is 12.1. The van der Waals surface area contributed by atoms with Crippen molar-refractivity contribution in [1.29, 1.82) is 0 Å². The number of nitrogens with zero attached hydrogens (tertiary/aromatic N) is 1. The Labute approximate surface area is 150 Å². The monoisotopic (exact) mass is 343 g/mol. The molecule has 1 aliphatic rings. The SMILES string of the molecule is NC(CCCCB(O)O)C1CCN(Cc2cccc3cc[nH]c23)CC1. The summed E-state index contributed by atoms with van der Waals surface area (Å²) in [7, 11) is -1.18. The van der Waals surface area contributed by atoms with Crippen molar-refractivity contribution in [3.05, 3.63) is 36.0 Å². The van der Waals surface area contributed by atoms with Gasteiger partial charge in [-0.05, 0) is 61.6 Å². The molecule has 0 spiro atoms. The number of hydrogen-bond acceptors (Lipinski definition) is 4. The standard InChI is InChI=1S/C19H30BN3O2/c21-18(6-1-2-10-20(24)25)15-8-12-23(13-9-15)14-17-5-3-4-16-7-11-22-19(16)17/h3-5,7,11,15,18,22,24-25H,1-2,6,8-10,12-14,21H2. The maximum Gasteiger partial charge on any atom is 0.451 e. The Kier molecular flexibility index (Phi) is 6.54. The van der Waals surface area contributed by atoms with Gasteiger partial charge in [-0.1, -0.05) is 31.0 Å². The molecular formula is C19H30BN3O2. The lowest BCUT2D eigenvalue weighted by Gasteiger charge is -2.35. The summed E-state index contributed by atoms with van der Waals surface area (Å²) in [5.74, 6) is 0.594. The normalized spacial score (nSPS) is 17.9. The molecule has 0 radical (unpaired) electrons. The number of likely N-dealkylation sites (tertiary alicyclic amines) is 1. The number of fused-ring (bicyclic) bond motifs is 1. The van der Waals surface area contributed by atoms with Crippen molar-refractivity contribution < 1.29 is 10.0 Å². The number of nitrogens with one attached hydrogen (secondary N) is 1. The lowest BCUT2D eigenvalue weighted by Crippen LogP contribution is -2.40. The van der Waals surface area contributed by atoms with E-state index in [1.165, 1.54) is 16.5 Å². The van der Waals surface area contributed by atoms with E-state index in [0.717, 1.165) is 51.7 Å². The molecule has 1 saturated heterocycles. The van der Waals surface area contributed by atoms with Crippen molar-refractivity contribution in [3.63, 3.8) is 0 Å². The maximum absolute atomic E-state index is 8.89. The number of nitrogens with two attached hydrogens (primary N) is 1. The van der Waals surface area contributed by atoms with Crippen LogP contribution in [0.15, 0.2) is 30.5 Å². The van der Waals surface area contributed by atoms with Gasteiger partial charge >= 0.3 is 7.12 Å². The molecule has 1 aliphatic heterocycles. The Morgan fingerprint density at radius 3 is 2.76 bits per heavy atom. The second kappa shape index (κ2) is 8.85. The van der Waals surface area contributed by atoms with Gasteiger partial charge in [0.15, 0.2) is 0 Å². The van der Waals surface area contributed by atoms with Crippen LogP contribution in [0, 0.1) is 5.92 Å². The average molecular weight is 343 g/mol. The molecule has 5 N–H and O–H groups in total. The zero-order chi connectivity index (χ0) is 17.6. The fourth-order valence-electron chi connectivity index (χ4n) is 4.00. The van der Waals surface area contributed by atoms with Crippen LogP contribution in [0.4, 0.5) is 0 Å². The Hall–Kier alpha value is -1.34. The zero-order valence-electron chi connectivity index (χ0n) is 14.9. The predicted molar refractivity (Wildman–Crippen MR) is 103 cm³/mol. The van der Waals surface area contributed by atoms with Crippen LogP contribution in [-0.4, -0.2) is 46.2 Å². The average Bonchev–Trinajstić information content (AvgIpc) is 3.09. The molecule has 2 aromatic rings. The molecule has 3 rings (SSSR count). The first-order valence-electron chi connectivity index (χ1n) is 9.52. The summed E-state index contributed by atoms with van der Waals surface area (Å²) in [5, 5.41) is 19.1. The lowest BCUT2D eigenvalue weighted by atomic mass is 9.82. The number of hydrogen-bond donors (Lipinski definition) is 4. The molecule has 0 bridgehead atoms. The first-order valence-corrected chi connectivity index (χ1v) is 9.52.